The summed E-state index contributed by atoms with van der Waals surface area (Å²) in [5.41, 5.74) is 0.356. The molecular weight excluding hydrogens is 440 g/mol. The summed E-state index contributed by atoms with van der Waals surface area (Å²) in [5.74, 6) is -0.146. The third-order valence-corrected chi connectivity index (χ3v) is 4.50. The van der Waals surface area contributed by atoms with Crippen LogP contribution in [0.25, 0.3) is 0 Å². The van der Waals surface area contributed by atoms with Crippen LogP contribution in [0.2, 0.25) is 0 Å². The van der Waals surface area contributed by atoms with Gasteiger partial charge in [0.05, 0.1) is 16.4 Å². The SMILES string of the molecule is O=C(CSc1ncccn1)Nc1c(Br)cc([N+](=O)[O-])cc1Br. The van der Waals surface area contributed by atoms with Crippen molar-refractivity contribution in [2.24, 2.45) is 0 Å². The van der Waals surface area contributed by atoms with Crippen molar-refractivity contribution in [1.29, 1.82) is 0 Å². The first kappa shape index (κ1) is 16.8. The van der Waals surface area contributed by atoms with E-state index in [0.29, 0.717) is 19.8 Å². The van der Waals surface area contributed by atoms with E-state index >= 15 is 0 Å². The molecule has 0 aliphatic heterocycles. The Labute approximate surface area is 146 Å². The molecule has 0 atom stereocenters. The van der Waals surface area contributed by atoms with Gasteiger partial charge < -0.3 is 5.32 Å². The summed E-state index contributed by atoms with van der Waals surface area (Å²) in [4.78, 5) is 30.2. The van der Waals surface area contributed by atoms with Gasteiger partial charge in [-0.1, -0.05) is 11.8 Å². The predicted molar refractivity (Wildman–Crippen MR) is 89.9 cm³/mol. The highest BCUT2D eigenvalue weighted by atomic mass is 79.9. The van der Waals surface area contributed by atoms with Crippen molar-refractivity contribution >= 4 is 60.9 Å². The number of rotatable bonds is 5. The number of amides is 1. The summed E-state index contributed by atoms with van der Waals surface area (Å²) in [6.45, 7) is 0. The topological polar surface area (TPSA) is 98.0 Å². The molecule has 2 aromatic rings. The van der Waals surface area contributed by atoms with Crippen LogP contribution in [-0.2, 0) is 4.79 Å². The molecule has 1 aromatic carbocycles. The maximum atomic E-state index is 11.9. The first-order valence-electron chi connectivity index (χ1n) is 5.80. The quantitative estimate of drug-likeness (QED) is 0.325. The minimum atomic E-state index is -0.510. The van der Waals surface area contributed by atoms with E-state index in [4.69, 9.17) is 0 Å². The number of non-ortho nitro benzene ring substituents is 1. The molecule has 0 unspecified atom stereocenters. The second-order valence-electron chi connectivity index (χ2n) is 3.91. The summed E-state index contributed by atoms with van der Waals surface area (Å²) in [5, 5.41) is 13.9. The van der Waals surface area contributed by atoms with Crippen LogP contribution in [0.3, 0.4) is 0 Å². The highest BCUT2D eigenvalue weighted by molar-refractivity contribution is 9.11. The Hall–Kier alpha value is -1.52. The fourth-order valence-electron chi connectivity index (χ4n) is 1.45. The van der Waals surface area contributed by atoms with Gasteiger partial charge in [0.25, 0.3) is 5.69 Å². The lowest BCUT2D eigenvalue weighted by molar-refractivity contribution is -0.385. The Morgan fingerprint density at radius 3 is 2.41 bits per heavy atom. The average molecular weight is 448 g/mol. The fraction of sp³-hybridized carbons (Fsp3) is 0.0833. The van der Waals surface area contributed by atoms with E-state index in [0.717, 1.165) is 0 Å². The van der Waals surface area contributed by atoms with Gasteiger partial charge in [-0.05, 0) is 37.9 Å². The number of carbonyl (C=O) groups excluding carboxylic acids is 1. The molecule has 0 radical (unpaired) electrons. The first-order valence-corrected chi connectivity index (χ1v) is 8.37. The number of aromatic nitrogens is 2. The minimum Gasteiger partial charge on any atom is -0.323 e. The number of nitrogens with one attached hydrogen (secondary N) is 1. The van der Waals surface area contributed by atoms with Gasteiger partial charge >= 0.3 is 0 Å². The van der Waals surface area contributed by atoms with Crippen LogP contribution >= 0.6 is 43.6 Å². The second kappa shape index (κ2) is 7.65. The number of carbonyl (C=O) groups is 1. The lowest BCUT2D eigenvalue weighted by Gasteiger charge is -2.09. The number of nitro benzene ring substituents is 1. The van der Waals surface area contributed by atoms with Crippen LogP contribution < -0.4 is 5.32 Å². The Morgan fingerprint density at radius 1 is 1.27 bits per heavy atom. The first-order chi connectivity index (χ1) is 10.5. The molecule has 22 heavy (non-hydrogen) atoms. The van der Waals surface area contributed by atoms with E-state index < -0.39 is 4.92 Å². The van der Waals surface area contributed by atoms with Crippen LogP contribution in [0.5, 0.6) is 0 Å². The molecule has 1 aromatic heterocycles. The molecule has 1 N–H and O–H groups in total. The second-order valence-corrected chi connectivity index (χ2v) is 6.56. The Balaban J connectivity index is 2.04. The number of hydrogen-bond donors (Lipinski definition) is 1. The molecule has 0 aliphatic rings. The smallest absolute Gasteiger partial charge is 0.271 e. The molecule has 1 heterocycles. The van der Waals surface area contributed by atoms with E-state index in [1.54, 1.807) is 18.5 Å². The molecule has 0 bridgehead atoms. The molecule has 7 nitrogen and oxygen atoms in total. The molecule has 1 amide bonds. The number of thioether (sulfide) groups is 1. The van der Waals surface area contributed by atoms with Crippen LogP contribution in [0.15, 0.2) is 44.7 Å². The van der Waals surface area contributed by atoms with Crippen LogP contribution in [0.1, 0.15) is 0 Å². The molecule has 10 heteroatoms. The minimum absolute atomic E-state index is 0.0798. The van der Waals surface area contributed by atoms with E-state index in [-0.39, 0.29) is 17.3 Å². The van der Waals surface area contributed by atoms with Gasteiger partial charge in [-0.2, -0.15) is 0 Å². The molecule has 2 rings (SSSR count). The third kappa shape index (κ3) is 4.49. The average Bonchev–Trinajstić information content (AvgIpc) is 2.49. The molecular formula is C12H8Br2N4O3S. The van der Waals surface area contributed by atoms with Gasteiger partial charge in [-0.3, -0.25) is 14.9 Å². The van der Waals surface area contributed by atoms with Crippen molar-refractivity contribution in [3.8, 4) is 0 Å². The van der Waals surface area contributed by atoms with Gasteiger partial charge in [-0.15, -0.1) is 0 Å². The Morgan fingerprint density at radius 2 is 1.86 bits per heavy atom. The van der Waals surface area contributed by atoms with Crippen LogP contribution in [0, 0.1) is 10.1 Å². The number of anilines is 1. The summed E-state index contributed by atoms with van der Waals surface area (Å²) < 4.78 is 0.839. The zero-order valence-corrected chi connectivity index (χ0v) is 14.8. The van der Waals surface area contributed by atoms with E-state index in [9.17, 15) is 14.9 Å². The van der Waals surface area contributed by atoms with E-state index in [2.05, 4.69) is 47.1 Å². The monoisotopic (exact) mass is 446 g/mol. The van der Waals surface area contributed by atoms with Crippen molar-refractivity contribution in [1.82, 2.24) is 9.97 Å². The largest absolute Gasteiger partial charge is 0.323 e. The molecule has 0 aliphatic carbocycles. The van der Waals surface area contributed by atoms with Crippen molar-refractivity contribution in [2.45, 2.75) is 5.16 Å². The Kier molecular flexibility index (Phi) is 5.86. The van der Waals surface area contributed by atoms with Crippen molar-refractivity contribution < 1.29 is 9.72 Å². The highest BCUT2D eigenvalue weighted by Gasteiger charge is 2.16. The van der Waals surface area contributed by atoms with E-state index in [1.807, 2.05) is 0 Å². The van der Waals surface area contributed by atoms with Gasteiger partial charge in [0.2, 0.25) is 5.91 Å². The zero-order chi connectivity index (χ0) is 16.1. The van der Waals surface area contributed by atoms with Crippen molar-refractivity contribution in [2.75, 3.05) is 11.1 Å². The normalized spacial score (nSPS) is 10.3. The standard InChI is InChI=1S/C12H8Br2N4O3S/c13-8-4-7(18(20)21)5-9(14)11(8)17-10(19)6-22-12-15-2-1-3-16-12/h1-5H,6H2,(H,17,19). The Bertz CT molecular complexity index is 692. The number of nitrogens with zero attached hydrogens (tertiary/aromatic N) is 3. The number of hydrogen-bond acceptors (Lipinski definition) is 6. The summed E-state index contributed by atoms with van der Waals surface area (Å²) in [6, 6.07) is 4.34. The number of halogens is 2. The van der Waals surface area contributed by atoms with E-state index in [1.165, 1.54) is 23.9 Å². The number of benzene rings is 1. The molecule has 114 valence electrons. The fourth-order valence-corrected chi connectivity index (χ4v) is 3.41. The van der Waals surface area contributed by atoms with Gasteiger partial charge in [0.1, 0.15) is 0 Å². The van der Waals surface area contributed by atoms with Gasteiger partial charge in [-0.25, -0.2) is 9.97 Å². The van der Waals surface area contributed by atoms with Gasteiger partial charge in [0.15, 0.2) is 5.16 Å². The predicted octanol–water partition coefficient (Wildman–Crippen LogP) is 3.64. The lowest BCUT2D eigenvalue weighted by atomic mass is 10.3. The van der Waals surface area contributed by atoms with Gasteiger partial charge in [0, 0.05) is 33.5 Å². The van der Waals surface area contributed by atoms with Crippen molar-refractivity contribution in [3.63, 3.8) is 0 Å². The summed E-state index contributed by atoms with van der Waals surface area (Å²) in [7, 11) is 0. The number of nitro groups is 1. The van der Waals surface area contributed by atoms with Crippen LogP contribution in [0.4, 0.5) is 11.4 Å². The molecule has 0 spiro atoms. The summed E-state index contributed by atoms with van der Waals surface area (Å²) >= 11 is 7.61. The molecule has 0 fully saturated rings. The maximum Gasteiger partial charge on any atom is 0.271 e. The third-order valence-electron chi connectivity index (χ3n) is 2.38. The zero-order valence-electron chi connectivity index (χ0n) is 10.8. The molecule has 0 saturated heterocycles. The highest BCUT2D eigenvalue weighted by Crippen LogP contribution is 2.35. The van der Waals surface area contributed by atoms with Crippen LogP contribution in [-0.4, -0.2) is 26.6 Å². The molecule has 0 saturated carbocycles. The summed E-state index contributed by atoms with van der Waals surface area (Å²) in [6.07, 6.45) is 3.19. The maximum absolute atomic E-state index is 11.9. The lowest BCUT2D eigenvalue weighted by Crippen LogP contribution is -2.15. The van der Waals surface area contributed by atoms with Crippen molar-refractivity contribution in [3.05, 3.63) is 49.7 Å².